The molecule has 1 N–H and O–H groups in total. The van der Waals surface area contributed by atoms with Crippen LogP contribution in [0.5, 0.6) is 0 Å². The Morgan fingerprint density at radius 1 is 1.44 bits per heavy atom. The summed E-state index contributed by atoms with van der Waals surface area (Å²) in [5.74, 6) is -1.55. The average molecular weight is 241 g/mol. The minimum absolute atomic E-state index is 0.357. The zero-order valence-corrected chi connectivity index (χ0v) is 10.4. The van der Waals surface area contributed by atoms with Crippen LogP contribution in [0.4, 0.5) is 0 Å². The van der Waals surface area contributed by atoms with Gasteiger partial charge in [0.25, 0.3) is 0 Å². The number of amides is 1. The Balaban J connectivity index is 2.38. The highest BCUT2D eigenvalue weighted by atomic mass is 32.1. The predicted octanol–water partition coefficient (Wildman–Crippen LogP) is 1.71. The molecule has 4 nitrogen and oxygen atoms in total. The van der Waals surface area contributed by atoms with Crippen LogP contribution in [0.15, 0.2) is 17.5 Å². The van der Waals surface area contributed by atoms with E-state index in [2.05, 4.69) is 5.32 Å². The molecule has 88 valence electrons. The molecular formula is C11H15NO3S. The van der Waals surface area contributed by atoms with Gasteiger partial charge in [0, 0.05) is 4.88 Å². The van der Waals surface area contributed by atoms with Gasteiger partial charge in [-0.15, -0.1) is 11.3 Å². The molecule has 16 heavy (non-hydrogen) atoms. The van der Waals surface area contributed by atoms with Gasteiger partial charge in [-0.3, -0.25) is 4.79 Å². The molecule has 0 saturated heterocycles. The zero-order valence-electron chi connectivity index (χ0n) is 9.57. The second-order valence-electron chi connectivity index (χ2n) is 4.26. The average Bonchev–Trinajstić information content (AvgIpc) is 2.63. The van der Waals surface area contributed by atoms with E-state index < -0.39 is 17.5 Å². The Morgan fingerprint density at radius 3 is 2.62 bits per heavy atom. The van der Waals surface area contributed by atoms with Crippen molar-refractivity contribution >= 4 is 23.2 Å². The molecular weight excluding hydrogens is 226 g/mol. The van der Waals surface area contributed by atoms with E-state index in [1.54, 1.807) is 20.8 Å². The van der Waals surface area contributed by atoms with Crippen molar-refractivity contribution in [3.05, 3.63) is 22.4 Å². The minimum atomic E-state index is -0.843. The van der Waals surface area contributed by atoms with Gasteiger partial charge in [0.1, 0.15) is 5.60 Å². The number of thiophene rings is 1. The SMILES string of the molecule is CC(C)(C)OC(=O)C(=O)NCc1cccs1. The van der Waals surface area contributed by atoms with Crippen molar-refractivity contribution < 1.29 is 14.3 Å². The van der Waals surface area contributed by atoms with E-state index in [0.717, 1.165) is 4.88 Å². The van der Waals surface area contributed by atoms with Crippen LogP contribution < -0.4 is 5.32 Å². The molecule has 0 fully saturated rings. The maximum absolute atomic E-state index is 11.3. The molecule has 0 aliphatic heterocycles. The Hall–Kier alpha value is -1.36. The number of nitrogens with one attached hydrogen (secondary N) is 1. The standard InChI is InChI=1S/C11H15NO3S/c1-11(2,3)15-10(14)9(13)12-7-8-5-4-6-16-8/h4-6H,7H2,1-3H3,(H,12,13). The fourth-order valence-corrected chi connectivity index (χ4v) is 1.62. The van der Waals surface area contributed by atoms with E-state index in [9.17, 15) is 9.59 Å². The van der Waals surface area contributed by atoms with E-state index in [4.69, 9.17) is 4.74 Å². The third kappa shape index (κ3) is 4.44. The molecule has 0 radical (unpaired) electrons. The van der Waals surface area contributed by atoms with Crippen molar-refractivity contribution in [3.63, 3.8) is 0 Å². The van der Waals surface area contributed by atoms with Gasteiger partial charge >= 0.3 is 11.9 Å². The minimum Gasteiger partial charge on any atom is -0.453 e. The summed E-state index contributed by atoms with van der Waals surface area (Å²) in [6, 6.07) is 3.78. The van der Waals surface area contributed by atoms with Gasteiger partial charge in [-0.25, -0.2) is 4.79 Å². The fraction of sp³-hybridized carbons (Fsp3) is 0.455. The third-order valence-corrected chi connectivity index (χ3v) is 2.46. The summed E-state index contributed by atoms with van der Waals surface area (Å²) in [6.45, 7) is 5.52. The van der Waals surface area contributed by atoms with Gasteiger partial charge in [0.05, 0.1) is 6.54 Å². The smallest absolute Gasteiger partial charge is 0.397 e. The van der Waals surface area contributed by atoms with E-state index in [1.165, 1.54) is 11.3 Å². The highest BCUT2D eigenvalue weighted by Crippen LogP contribution is 2.08. The summed E-state index contributed by atoms with van der Waals surface area (Å²) < 4.78 is 4.92. The molecule has 0 spiro atoms. The topological polar surface area (TPSA) is 55.4 Å². The predicted molar refractivity (Wildman–Crippen MR) is 62.0 cm³/mol. The number of esters is 1. The van der Waals surface area contributed by atoms with E-state index >= 15 is 0 Å². The van der Waals surface area contributed by atoms with Gasteiger partial charge in [-0.2, -0.15) is 0 Å². The molecule has 0 aliphatic rings. The Morgan fingerprint density at radius 2 is 2.12 bits per heavy atom. The number of hydrogen-bond acceptors (Lipinski definition) is 4. The number of carbonyl (C=O) groups is 2. The molecule has 0 bridgehead atoms. The highest BCUT2D eigenvalue weighted by molar-refractivity contribution is 7.09. The molecule has 1 rings (SSSR count). The lowest BCUT2D eigenvalue weighted by Gasteiger charge is -2.18. The van der Waals surface area contributed by atoms with Gasteiger partial charge in [0.2, 0.25) is 0 Å². The van der Waals surface area contributed by atoms with Crippen LogP contribution in [0, 0.1) is 0 Å². The van der Waals surface area contributed by atoms with Gasteiger partial charge < -0.3 is 10.1 Å². The molecule has 0 atom stereocenters. The summed E-state index contributed by atoms with van der Waals surface area (Å²) >= 11 is 1.52. The first-order chi connectivity index (χ1) is 7.38. The molecule has 1 aromatic rings. The zero-order chi connectivity index (χ0) is 12.2. The van der Waals surface area contributed by atoms with Crippen LogP contribution in [0.3, 0.4) is 0 Å². The molecule has 0 aromatic carbocycles. The molecule has 1 heterocycles. The normalized spacial score (nSPS) is 10.9. The number of rotatable bonds is 2. The number of carbonyl (C=O) groups excluding carboxylic acids is 2. The van der Waals surface area contributed by atoms with Crippen LogP contribution in [-0.4, -0.2) is 17.5 Å². The molecule has 1 amide bonds. The van der Waals surface area contributed by atoms with Crippen molar-refractivity contribution in [2.24, 2.45) is 0 Å². The first-order valence-corrected chi connectivity index (χ1v) is 5.80. The van der Waals surface area contributed by atoms with Crippen LogP contribution in [0.25, 0.3) is 0 Å². The van der Waals surface area contributed by atoms with Crippen LogP contribution in [0.2, 0.25) is 0 Å². The van der Waals surface area contributed by atoms with Crippen LogP contribution in [-0.2, 0) is 20.9 Å². The molecule has 0 unspecified atom stereocenters. The van der Waals surface area contributed by atoms with Crippen molar-refractivity contribution in [3.8, 4) is 0 Å². The highest BCUT2D eigenvalue weighted by Gasteiger charge is 2.22. The maximum atomic E-state index is 11.3. The largest absolute Gasteiger partial charge is 0.453 e. The third-order valence-electron chi connectivity index (χ3n) is 1.59. The number of ether oxygens (including phenoxy) is 1. The lowest BCUT2D eigenvalue weighted by atomic mass is 10.2. The van der Waals surface area contributed by atoms with Gasteiger partial charge in [-0.1, -0.05) is 6.07 Å². The quantitative estimate of drug-likeness (QED) is 0.633. The Labute approximate surface area is 98.6 Å². The maximum Gasteiger partial charge on any atom is 0.397 e. The Kier molecular flexibility index (Phi) is 4.06. The summed E-state index contributed by atoms with van der Waals surface area (Å²) in [7, 11) is 0. The summed E-state index contributed by atoms with van der Waals surface area (Å²) in [5, 5.41) is 4.42. The first kappa shape index (κ1) is 12.7. The van der Waals surface area contributed by atoms with E-state index in [-0.39, 0.29) is 0 Å². The molecule has 1 aromatic heterocycles. The lowest BCUT2D eigenvalue weighted by molar-refractivity contribution is -0.163. The molecule has 5 heteroatoms. The summed E-state index contributed by atoms with van der Waals surface area (Å²) in [4.78, 5) is 23.6. The van der Waals surface area contributed by atoms with Crippen molar-refractivity contribution in [1.29, 1.82) is 0 Å². The Bertz CT molecular complexity index is 365. The van der Waals surface area contributed by atoms with Gasteiger partial charge in [0.15, 0.2) is 0 Å². The molecule has 0 aliphatic carbocycles. The number of hydrogen-bond donors (Lipinski definition) is 1. The second-order valence-corrected chi connectivity index (χ2v) is 5.30. The van der Waals surface area contributed by atoms with Crippen molar-refractivity contribution in [1.82, 2.24) is 5.32 Å². The van der Waals surface area contributed by atoms with Crippen LogP contribution >= 0.6 is 11.3 Å². The first-order valence-electron chi connectivity index (χ1n) is 4.92. The van der Waals surface area contributed by atoms with E-state index in [0.29, 0.717) is 6.54 Å². The van der Waals surface area contributed by atoms with Gasteiger partial charge in [-0.05, 0) is 32.2 Å². The fourth-order valence-electron chi connectivity index (χ4n) is 0.977. The summed E-state index contributed by atoms with van der Waals surface area (Å²) in [5.41, 5.74) is -0.642. The van der Waals surface area contributed by atoms with Crippen molar-refractivity contribution in [2.75, 3.05) is 0 Å². The monoisotopic (exact) mass is 241 g/mol. The second kappa shape index (κ2) is 5.12. The summed E-state index contributed by atoms with van der Waals surface area (Å²) in [6.07, 6.45) is 0. The lowest BCUT2D eigenvalue weighted by Crippen LogP contribution is -2.36. The van der Waals surface area contributed by atoms with Crippen molar-refractivity contribution in [2.45, 2.75) is 32.9 Å². The van der Waals surface area contributed by atoms with Crippen LogP contribution in [0.1, 0.15) is 25.6 Å². The van der Waals surface area contributed by atoms with E-state index in [1.807, 2.05) is 17.5 Å². The molecule has 0 saturated carbocycles.